The first-order chi connectivity index (χ1) is 33.7. The van der Waals surface area contributed by atoms with Gasteiger partial charge in [-0.25, -0.2) is 0 Å². The van der Waals surface area contributed by atoms with E-state index in [9.17, 15) is 35.1 Å². The predicted octanol–water partition coefficient (Wildman–Crippen LogP) is 12.1. The molecule has 0 spiro atoms. The number of allylic oxidation sites excluding steroid dienone is 11. The summed E-state index contributed by atoms with van der Waals surface area (Å²) in [6.07, 6.45) is 51.2. The number of esters is 1. The van der Waals surface area contributed by atoms with Crippen molar-refractivity contribution in [1.82, 2.24) is 5.32 Å². The van der Waals surface area contributed by atoms with Gasteiger partial charge in [-0.05, 0) is 116 Å². The molecule has 7 unspecified atom stereocenters. The number of unbranched alkanes of at least 4 members (excludes halogenated alkanes) is 23. The largest absolute Gasteiger partial charge is 0.466 e. The van der Waals surface area contributed by atoms with E-state index in [1.807, 2.05) is 6.08 Å². The molecule has 1 amide bonds. The summed E-state index contributed by atoms with van der Waals surface area (Å²) >= 11 is 0. The van der Waals surface area contributed by atoms with Crippen LogP contribution in [0.2, 0.25) is 0 Å². The maximum atomic E-state index is 13.0. The summed E-state index contributed by atoms with van der Waals surface area (Å²) in [7, 11) is 0. The van der Waals surface area contributed by atoms with Gasteiger partial charge < -0.3 is 45.1 Å². The lowest BCUT2D eigenvalue weighted by Crippen LogP contribution is -2.60. The van der Waals surface area contributed by atoms with Crippen molar-refractivity contribution >= 4 is 11.9 Å². The fourth-order valence-corrected chi connectivity index (χ4v) is 8.04. The van der Waals surface area contributed by atoms with E-state index >= 15 is 0 Å². The molecule has 11 nitrogen and oxygen atoms in total. The van der Waals surface area contributed by atoms with Crippen LogP contribution in [0, 0.1) is 0 Å². The second-order valence-corrected chi connectivity index (χ2v) is 18.9. The Bertz CT molecular complexity index is 1380. The van der Waals surface area contributed by atoms with E-state index in [4.69, 9.17) is 14.2 Å². The molecule has 1 rings (SSSR count). The van der Waals surface area contributed by atoms with E-state index in [1.54, 1.807) is 6.08 Å². The van der Waals surface area contributed by atoms with Crippen LogP contribution in [-0.4, -0.2) is 100 Å². The van der Waals surface area contributed by atoms with E-state index in [-0.39, 0.29) is 18.5 Å². The van der Waals surface area contributed by atoms with Crippen molar-refractivity contribution < 1.29 is 49.3 Å². The molecular weight excluding hydrogens is 871 g/mol. The Kier molecular flexibility index (Phi) is 44.1. The van der Waals surface area contributed by atoms with Gasteiger partial charge in [0.05, 0.1) is 32.0 Å². The van der Waals surface area contributed by atoms with Crippen LogP contribution in [0.5, 0.6) is 0 Å². The molecule has 0 bridgehead atoms. The Hall–Kier alpha value is -2.90. The van der Waals surface area contributed by atoms with Gasteiger partial charge in [0.2, 0.25) is 5.91 Å². The third kappa shape index (κ3) is 37.5. The SMILES string of the molecule is CCCCC/C=C\CCCCCCCC(=O)OCCCCC/C=C\C=C/CCCCCCCCC(=O)NC(COC1OC(CO)C(O)C(O)C1O)C(O)/C=C/CC/C=C/CC/C=C/CCCCCC. The summed E-state index contributed by atoms with van der Waals surface area (Å²) < 4.78 is 16.6. The minimum atomic E-state index is -1.59. The van der Waals surface area contributed by atoms with Gasteiger partial charge >= 0.3 is 5.97 Å². The van der Waals surface area contributed by atoms with Crippen molar-refractivity contribution in [2.45, 2.75) is 262 Å². The normalized spacial score (nSPS) is 19.9. The summed E-state index contributed by atoms with van der Waals surface area (Å²) in [4.78, 5) is 25.0. The third-order valence-corrected chi connectivity index (χ3v) is 12.5. The van der Waals surface area contributed by atoms with Crippen LogP contribution >= 0.6 is 0 Å². The number of aliphatic hydroxyl groups is 5. The zero-order valence-corrected chi connectivity index (χ0v) is 43.5. The van der Waals surface area contributed by atoms with Gasteiger partial charge in [0.15, 0.2) is 6.29 Å². The van der Waals surface area contributed by atoms with E-state index in [0.717, 1.165) is 103 Å². The fraction of sp³-hybridized carbons (Fsp3) is 0.759. The summed E-state index contributed by atoms with van der Waals surface area (Å²) in [6.45, 7) is 4.18. The Labute approximate surface area is 420 Å². The second-order valence-electron chi connectivity index (χ2n) is 18.9. The molecule has 1 aliphatic rings. The average Bonchev–Trinajstić information content (AvgIpc) is 3.34. The molecule has 0 aromatic heterocycles. The molecule has 1 heterocycles. The predicted molar refractivity (Wildman–Crippen MR) is 283 cm³/mol. The van der Waals surface area contributed by atoms with Crippen LogP contribution in [0.3, 0.4) is 0 Å². The smallest absolute Gasteiger partial charge is 0.305 e. The molecule has 6 N–H and O–H groups in total. The van der Waals surface area contributed by atoms with E-state index in [2.05, 4.69) is 79.9 Å². The van der Waals surface area contributed by atoms with Gasteiger partial charge in [0.25, 0.3) is 0 Å². The van der Waals surface area contributed by atoms with Gasteiger partial charge in [-0.2, -0.15) is 0 Å². The topological polar surface area (TPSA) is 175 Å². The summed E-state index contributed by atoms with van der Waals surface area (Å²) in [5, 5.41) is 54.3. The van der Waals surface area contributed by atoms with E-state index in [1.165, 1.54) is 77.0 Å². The number of aliphatic hydroxyl groups excluding tert-OH is 5. The van der Waals surface area contributed by atoms with Crippen molar-refractivity contribution in [3.8, 4) is 0 Å². The van der Waals surface area contributed by atoms with Crippen molar-refractivity contribution in [1.29, 1.82) is 0 Å². The first-order valence-corrected chi connectivity index (χ1v) is 27.7. The minimum Gasteiger partial charge on any atom is -0.466 e. The Morgan fingerprint density at radius 2 is 0.986 bits per heavy atom. The molecule has 0 radical (unpaired) electrons. The number of hydrogen-bond acceptors (Lipinski definition) is 10. The number of amides is 1. The molecule has 398 valence electrons. The lowest BCUT2D eigenvalue weighted by atomic mass is 9.99. The molecule has 0 aliphatic carbocycles. The molecule has 69 heavy (non-hydrogen) atoms. The summed E-state index contributed by atoms with van der Waals surface area (Å²) in [5.41, 5.74) is 0. The monoisotopic (exact) mass is 972 g/mol. The highest BCUT2D eigenvalue weighted by Gasteiger charge is 2.44. The Morgan fingerprint density at radius 1 is 0.536 bits per heavy atom. The minimum absolute atomic E-state index is 0.0538. The van der Waals surface area contributed by atoms with Crippen LogP contribution in [-0.2, 0) is 23.8 Å². The summed E-state index contributed by atoms with van der Waals surface area (Å²) in [5.74, 6) is -0.275. The molecular formula is C58H101NO10. The van der Waals surface area contributed by atoms with Crippen LogP contribution in [0.25, 0.3) is 0 Å². The van der Waals surface area contributed by atoms with Crippen LogP contribution in [0.4, 0.5) is 0 Å². The molecule has 0 saturated carbocycles. The van der Waals surface area contributed by atoms with E-state index in [0.29, 0.717) is 32.3 Å². The Balaban J connectivity index is 2.23. The molecule has 11 heteroatoms. The number of nitrogens with one attached hydrogen (secondary N) is 1. The zero-order chi connectivity index (χ0) is 50.3. The molecule has 1 saturated heterocycles. The lowest BCUT2D eigenvalue weighted by molar-refractivity contribution is -0.302. The molecule has 7 atom stereocenters. The summed E-state index contributed by atoms with van der Waals surface area (Å²) in [6, 6.07) is -0.853. The Morgan fingerprint density at radius 3 is 1.55 bits per heavy atom. The lowest BCUT2D eigenvalue weighted by Gasteiger charge is -2.40. The van der Waals surface area contributed by atoms with Crippen molar-refractivity contribution in [2.24, 2.45) is 0 Å². The number of rotatable bonds is 46. The highest BCUT2D eigenvalue weighted by atomic mass is 16.7. The standard InChI is InChI=1S/C58H101NO10/c1-3-5-7-9-11-13-15-17-21-24-28-32-36-40-44-51(61)50(49-68-58-57(66)56(65)55(64)52(48-60)69-58)59-53(62)45-41-37-33-29-25-22-19-18-20-23-27-31-35-39-43-47-67-54(63)46-42-38-34-30-26-16-14-12-10-8-6-4-2/h12-15,18,20,23-24,27-28,40,44,50-52,55-58,60-61,64-66H,3-11,16-17,19,21-22,25-26,29-39,41-43,45-49H2,1-2H3,(H,59,62)/b14-12-,15-13+,20-18-,27-23-,28-24+,44-40+. The van der Waals surface area contributed by atoms with Crippen molar-refractivity contribution in [3.63, 3.8) is 0 Å². The quantitative estimate of drug-likeness (QED) is 0.0149. The molecule has 0 aromatic rings. The molecule has 1 aliphatic heterocycles. The maximum absolute atomic E-state index is 13.0. The number of carbonyl (C=O) groups excluding carboxylic acids is 2. The van der Waals surface area contributed by atoms with Crippen LogP contribution < -0.4 is 5.32 Å². The number of hydrogen-bond donors (Lipinski definition) is 6. The van der Waals surface area contributed by atoms with Crippen molar-refractivity contribution in [2.75, 3.05) is 19.8 Å². The van der Waals surface area contributed by atoms with Gasteiger partial charge in [-0.15, -0.1) is 0 Å². The molecule has 0 aromatic carbocycles. The second kappa shape index (κ2) is 47.4. The molecule has 1 fully saturated rings. The number of ether oxygens (including phenoxy) is 3. The fourth-order valence-electron chi connectivity index (χ4n) is 8.04. The number of carbonyl (C=O) groups is 2. The van der Waals surface area contributed by atoms with Gasteiger partial charge in [0, 0.05) is 12.8 Å². The van der Waals surface area contributed by atoms with Gasteiger partial charge in [-0.1, -0.05) is 164 Å². The van der Waals surface area contributed by atoms with Crippen LogP contribution in [0.15, 0.2) is 72.9 Å². The maximum Gasteiger partial charge on any atom is 0.305 e. The van der Waals surface area contributed by atoms with Gasteiger partial charge in [-0.3, -0.25) is 9.59 Å². The van der Waals surface area contributed by atoms with Gasteiger partial charge in [0.1, 0.15) is 24.4 Å². The highest BCUT2D eigenvalue weighted by molar-refractivity contribution is 5.76. The highest BCUT2D eigenvalue weighted by Crippen LogP contribution is 2.22. The zero-order valence-electron chi connectivity index (χ0n) is 43.5. The first kappa shape index (κ1) is 64.1. The average molecular weight is 972 g/mol. The van der Waals surface area contributed by atoms with E-state index < -0.39 is 49.5 Å². The van der Waals surface area contributed by atoms with Crippen molar-refractivity contribution in [3.05, 3.63) is 72.9 Å². The van der Waals surface area contributed by atoms with Crippen LogP contribution in [0.1, 0.15) is 219 Å². The first-order valence-electron chi connectivity index (χ1n) is 27.7. The third-order valence-electron chi connectivity index (χ3n) is 12.5.